The van der Waals surface area contributed by atoms with Gasteiger partial charge in [-0.05, 0) is 75.6 Å². The summed E-state index contributed by atoms with van der Waals surface area (Å²) in [5.74, 6) is 0. The van der Waals surface area contributed by atoms with Gasteiger partial charge in [0, 0.05) is 32.9 Å². The number of hydrogen-bond donors (Lipinski definition) is 0. The first-order valence-corrected chi connectivity index (χ1v) is 14.3. The van der Waals surface area contributed by atoms with Gasteiger partial charge in [-0.15, -0.1) is 0 Å². The minimum Gasteiger partial charge on any atom is -0.399 e. The fourth-order valence-corrected chi connectivity index (χ4v) is 6.37. The van der Waals surface area contributed by atoms with Gasteiger partial charge >= 0.3 is 7.12 Å². The maximum atomic E-state index is 6.41. The molecule has 0 N–H and O–H groups in total. The fourth-order valence-electron chi connectivity index (χ4n) is 6.37. The van der Waals surface area contributed by atoms with E-state index >= 15 is 0 Å². The van der Waals surface area contributed by atoms with E-state index in [-0.39, 0.29) is 0 Å². The highest BCUT2D eigenvalue weighted by molar-refractivity contribution is 6.62. The Morgan fingerprint density at radius 3 is 1.49 bits per heavy atom. The number of para-hydroxylation sites is 3. The molecule has 1 aliphatic rings. The van der Waals surface area contributed by atoms with Crippen LogP contribution in [0.5, 0.6) is 0 Å². The Morgan fingerprint density at radius 2 is 0.927 bits per heavy atom. The lowest BCUT2D eigenvalue weighted by atomic mass is 9.79. The van der Waals surface area contributed by atoms with Crippen LogP contribution >= 0.6 is 0 Å². The van der Waals surface area contributed by atoms with E-state index < -0.39 is 18.3 Å². The number of rotatable bonds is 3. The molecule has 7 aromatic rings. The first kappa shape index (κ1) is 24.5. The van der Waals surface area contributed by atoms with Gasteiger partial charge in [-0.1, -0.05) is 72.8 Å². The smallest absolute Gasteiger partial charge is 0.399 e. The molecular weight excluding hydrogens is 503 g/mol. The summed E-state index contributed by atoms with van der Waals surface area (Å²) in [6, 6.07) is 41.4. The minimum absolute atomic E-state index is 0.391. The van der Waals surface area contributed by atoms with Crippen molar-refractivity contribution in [1.29, 1.82) is 0 Å². The molecule has 0 saturated carbocycles. The fraction of sp³-hybridized carbons (Fsp3) is 0.167. The normalized spacial score (nSPS) is 16.4. The second-order valence-electron chi connectivity index (χ2n) is 12.1. The van der Waals surface area contributed by atoms with Crippen LogP contribution in [0.1, 0.15) is 27.7 Å². The third-order valence-corrected chi connectivity index (χ3v) is 9.15. The van der Waals surface area contributed by atoms with Crippen LogP contribution in [-0.4, -0.2) is 27.5 Å². The molecule has 8 rings (SSSR count). The molecule has 1 saturated heterocycles. The molecule has 0 amide bonds. The first-order valence-electron chi connectivity index (χ1n) is 14.3. The topological polar surface area (TPSA) is 28.3 Å². The molecule has 0 bridgehead atoms. The van der Waals surface area contributed by atoms with Gasteiger partial charge in [-0.3, -0.25) is 0 Å². The summed E-state index contributed by atoms with van der Waals surface area (Å²) < 4.78 is 17.6. The highest BCUT2D eigenvalue weighted by Crippen LogP contribution is 2.38. The summed E-state index contributed by atoms with van der Waals surface area (Å²) in [5.41, 5.74) is 7.21. The summed E-state index contributed by atoms with van der Waals surface area (Å²) >= 11 is 0. The van der Waals surface area contributed by atoms with Crippen molar-refractivity contribution < 1.29 is 9.31 Å². The number of nitrogens with zero attached hydrogens (tertiary/aromatic N) is 2. The minimum atomic E-state index is -0.416. The van der Waals surface area contributed by atoms with E-state index in [4.69, 9.17) is 9.31 Å². The quantitative estimate of drug-likeness (QED) is 0.214. The van der Waals surface area contributed by atoms with Crippen molar-refractivity contribution in [3.8, 4) is 11.4 Å². The molecule has 0 aliphatic carbocycles. The van der Waals surface area contributed by atoms with Gasteiger partial charge in [0.15, 0.2) is 0 Å². The van der Waals surface area contributed by atoms with Crippen LogP contribution in [0.2, 0.25) is 0 Å². The van der Waals surface area contributed by atoms with Gasteiger partial charge in [-0.2, -0.15) is 0 Å². The van der Waals surface area contributed by atoms with Crippen molar-refractivity contribution in [2.45, 2.75) is 38.9 Å². The summed E-state index contributed by atoms with van der Waals surface area (Å²) in [7, 11) is -0.416. The number of aromatic nitrogens is 2. The second-order valence-corrected chi connectivity index (χ2v) is 12.1. The Morgan fingerprint density at radius 1 is 0.463 bits per heavy atom. The van der Waals surface area contributed by atoms with E-state index in [2.05, 4.69) is 152 Å². The molecule has 1 aliphatic heterocycles. The Balaban J connectivity index is 1.36. The molecule has 3 heterocycles. The summed E-state index contributed by atoms with van der Waals surface area (Å²) in [4.78, 5) is 0. The standard InChI is InChI=1S/C36H31BN2O2/c1-35(2)36(3,4)41-37(40-35)24-12-11-13-25(22-24)39-33-19-10-7-16-29(33)30-21-20-26(23-34(30)39)38-31-17-8-5-14-27(31)28-15-6-9-18-32(28)38/h5-23H,1-4H3. The van der Waals surface area contributed by atoms with Crippen molar-refractivity contribution in [2.75, 3.05) is 0 Å². The van der Waals surface area contributed by atoms with E-state index in [1.165, 1.54) is 38.1 Å². The highest BCUT2D eigenvalue weighted by atomic mass is 16.7. The predicted octanol–water partition coefficient (Wildman–Crippen LogP) is 8.18. The van der Waals surface area contributed by atoms with Gasteiger partial charge in [0.25, 0.3) is 0 Å². The average molecular weight is 534 g/mol. The summed E-state index contributed by atoms with van der Waals surface area (Å²) in [5, 5.41) is 4.99. The van der Waals surface area contributed by atoms with Crippen LogP contribution in [0, 0.1) is 0 Å². The molecular formula is C36H31BN2O2. The zero-order valence-corrected chi connectivity index (χ0v) is 23.8. The molecule has 1 fully saturated rings. The molecule has 5 aromatic carbocycles. The molecule has 200 valence electrons. The molecule has 41 heavy (non-hydrogen) atoms. The van der Waals surface area contributed by atoms with Gasteiger partial charge in [0.1, 0.15) is 0 Å². The zero-order valence-electron chi connectivity index (χ0n) is 23.8. The lowest BCUT2D eigenvalue weighted by Crippen LogP contribution is -2.41. The molecule has 5 heteroatoms. The third-order valence-electron chi connectivity index (χ3n) is 9.15. The largest absolute Gasteiger partial charge is 0.494 e. The number of hydrogen-bond acceptors (Lipinski definition) is 2. The number of fused-ring (bicyclic) bond motifs is 6. The van der Waals surface area contributed by atoms with Crippen LogP contribution in [0.15, 0.2) is 115 Å². The van der Waals surface area contributed by atoms with E-state index in [1.54, 1.807) is 0 Å². The third kappa shape index (κ3) is 3.56. The summed E-state index contributed by atoms with van der Waals surface area (Å²) in [6.45, 7) is 8.39. The van der Waals surface area contributed by atoms with E-state index in [0.29, 0.717) is 0 Å². The van der Waals surface area contributed by atoms with Crippen LogP contribution in [0.25, 0.3) is 55.0 Å². The Labute approximate surface area is 239 Å². The predicted molar refractivity (Wildman–Crippen MR) is 171 cm³/mol. The van der Waals surface area contributed by atoms with Crippen molar-refractivity contribution in [1.82, 2.24) is 9.13 Å². The molecule has 0 spiro atoms. The molecule has 4 nitrogen and oxygen atoms in total. The SMILES string of the molecule is CC1(C)OB(c2cccc(-n3c4ccccc4c4ccc(-n5c6ccccc6c6ccccc65)cc43)c2)OC1(C)C. The molecule has 0 radical (unpaired) electrons. The highest BCUT2D eigenvalue weighted by Gasteiger charge is 2.51. The van der Waals surface area contributed by atoms with Crippen LogP contribution in [-0.2, 0) is 9.31 Å². The van der Waals surface area contributed by atoms with E-state index in [9.17, 15) is 0 Å². The number of benzene rings is 5. The van der Waals surface area contributed by atoms with E-state index in [1.807, 2.05) is 0 Å². The van der Waals surface area contributed by atoms with Gasteiger partial charge in [0.2, 0.25) is 0 Å². The first-order chi connectivity index (χ1) is 19.8. The summed E-state index contributed by atoms with van der Waals surface area (Å²) in [6.07, 6.45) is 0. The van der Waals surface area contributed by atoms with Gasteiger partial charge in [-0.25, -0.2) is 0 Å². The van der Waals surface area contributed by atoms with Crippen LogP contribution in [0.3, 0.4) is 0 Å². The maximum absolute atomic E-state index is 6.41. The molecule has 0 unspecified atom stereocenters. The zero-order chi connectivity index (χ0) is 27.9. The van der Waals surface area contributed by atoms with Crippen molar-refractivity contribution in [3.05, 3.63) is 115 Å². The Bertz CT molecular complexity index is 2070. The van der Waals surface area contributed by atoms with Gasteiger partial charge in [0.05, 0.1) is 33.3 Å². The Hall–Kier alpha value is -4.32. The lowest BCUT2D eigenvalue weighted by Gasteiger charge is -2.32. The van der Waals surface area contributed by atoms with Crippen molar-refractivity contribution in [2.24, 2.45) is 0 Å². The molecule has 2 aromatic heterocycles. The molecule has 0 atom stereocenters. The second kappa shape index (κ2) is 8.59. The van der Waals surface area contributed by atoms with Crippen LogP contribution in [0.4, 0.5) is 0 Å². The lowest BCUT2D eigenvalue weighted by molar-refractivity contribution is 0.00578. The maximum Gasteiger partial charge on any atom is 0.494 e. The Kier molecular flexibility index (Phi) is 5.13. The average Bonchev–Trinajstić information content (AvgIpc) is 3.57. The van der Waals surface area contributed by atoms with Gasteiger partial charge < -0.3 is 18.4 Å². The van der Waals surface area contributed by atoms with Crippen molar-refractivity contribution >= 4 is 56.2 Å². The monoisotopic (exact) mass is 534 g/mol. The van der Waals surface area contributed by atoms with Crippen molar-refractivity contribution in [3.63, 3.8) is 0 Å². The van der Waals surface area contributed by atoms with E-state index in [0.717, 1.165) is 22.4 Å². The van der Waals surface area contributed by atoms with Crippen LogP contribution < -0.4 is 5.46 Å².